The summed E-state index contributed by atoms with van der Waals surface area (Å²) in [5.41, 5.74) is 1.28. The third-order valence-electron chi connectivity index (χ3n) is 2.98. The topological polar surface area (TPSA) is 20.2 Å². The Morgan fingerprint density at radius 3 is 2.61 bits per heavy atom. The van der Waals surface area contributed by atoms with Crippen molar-refractivity contribution in [1.82, 2.24) is 0 Å². The Morgan fingerprint density at radius 2 is 1.89 bits per heavy atom. The van der Waals surface area contributed by atoms with Crippen LogP contribution >= 0.6 is 0 Å². The van der Waals surface area contributed by atoms with Crippen molar-refractivity contribution in [2.75, 3.05) is 0 Å². The Hall–Kier alpha value is -1.26. The van der Waals surface area contributed by atoms with Gasteiger partial charge in [0.05, 0.1) is 6.10 Å². The highest BCUT2D eigenvalue weighted by atomic mass is 16.3. The van der Waals surface area contributed by atoms with Crippen LogP contribution in [0, 0.1) is 11.8 Å². The molecule has 18 heavy (non-hydrogen) atoms. The van der Waals surface area contributed by atoms with Crippen molar-refractivity contribution in [2.24, 2.45) is 0 Å². The molecule has 0 radical (unpaired) electrons. The van der Waals surface area contributed by atoms with Crippen LogP contribution in [0.1, 0.15) is 51.0 Å². The van der Waals surface area contributed by atoms with E-state index in [0.717, 1.165) is 19.3 Å². The summed E-state index contributed by atoms with van der Waals surface area (Å²) in [7, 11) is 0. The van der Waals surface area contributed by atoms with E-state index < -0.39 is 0 Å². The number of unbranched alkanes of at least 4 members (excludes halogenated alkanes) is 3. The van der Waals surface area contributed by atoms with Crippen LogP contribution in [-0.2, 0) is 6.42 Å². The first kappa shape index (κ1) is 14.8. The first-order valence-corrected chi connectivity index (χ1v) is 7.00. The van der Waals surface area contributed by atoms with Crippen LogP contribution in [0.15, 0.2) is 30.3 Å². The van der Waals surface area contributed by atoms with Gasteiger partial charge in [-0.3, -0.25) is 0 Å². The van der Waals surface area contributed by atoms with Crippen molar-refractivity contribution < 1.29 is 5.11 Å². The number of rotatable bonds is 7. The van der Waals surface area contributed by atoms with E-state index >= 15 is 0 Å². The summed E-state index contributed by atoms with van der Waals surface area (Å²) in [5.74, 6) is 6.22. The molecule has 1 heteroatoms. The molecule has 1 nitrogen and oxygen atoms in total. The molecule has 0 amide bonds. The third-order valence-corrected chi connectivity index (χ3v) is 2.98. The highest BCUT2D eigenvalue weighted by Gasteiger charge is 2.02. The van der Waals surface area contributed by atoms with Gasteiger partial charge in [0.15, 0.2) is 0 Å². The summed E-state index contributed by atoms with van der Waals surface area (Å²) in [4.78, 5) is 0. The highest BCUT2D eigenvalue weighted by molar-refractivity contribution is 5.14. The van der Waals surface area contributed by atoms with E-state index in [1.807, 2.05) is 18.2 Å². The Bertz CT molecular complexity index is 358. The van der Waals surface area contributed by atoms with Gasteiger partial charge in [-0.2, -0.15) is 0 Å². The molecule has 1 rings (SSSR count). The lowest BCUT2D eigenvalue weighted by atomic mass is 10.1. The lowest BCUT2D eigenvalue weighted by Crippen LogP contribution is -2.06. The van der Waals surface area contributed by atoms with Gasteiger partial charge < -0.3 is 5.11 Å². The third kappa shape index (κ3) is 7.14. The minimum absolute atomic E-state index is 0.288. The molecule has 1 aromatic carbocycles. The Morgan fingerprint density at radius 1 is 1.11 bits per heavy atom. The zero-order chi connectivity index (χ0) is 13.1. The smallest absolute Gasteiger partial charge is 0.0652 e. The number of aliphatic hydroxyl groups excluding tert-OH is 1. The largest absolute Gasteiger partial charge is 0.392 e. The molecule has 1 atom stereocenters. The fourth-order valence-electron chi connectivity index (χ4n) is 1.82. The first-order chi connectivity index (χ1) is 8.83. The van der Waals surface area contributed by atoms with E-state index in [-0.39, 0.29) is 6.10 Å². The lowest BCUT2D eigenvalue weighted by molar-refractivity contribution is 0.170. The molecule has 0 heterocycles. The molecule has 0 aliphatic rings. The molecule has 0 bridgehead atoms. The molecular formula is C17H24O. The fourth-order valence-corrected chi connectivity index (χ4v) is 1.82. The molecule has 0 fully saturated rings. The number of hydrogen-bond donors (Lipinski definition) is 1. The minimum Gasteiger partial charge on any atom is -0.392 e. The normalized spacial score (nSPS) is 11.7. The molecule has 0 aromatic heterocycles. The summed E-state index contributed by atoms with van der Waals surface area (Å²) in [5, 5.41) is 9.81. The van der Waals surface area contributed by atoms with Gasteiger partial charge in [0.2, 0.25) is 0 Å². The van der Waals surface area contributed by atoms with Gasteiger partial charge in [0, 0.05) is 12.8 Å². The molecule has 0 aliphatic heterocycles. The maximum Gasteiger partial charge on any atom is 0.0652 e. The second-order valence-corrected chi connectivity index (χ2v) is 4.69. The molecular weight excluding hydrogens is 220 g/mol. The van der Waals surface area contributed by atoms with E-state index in [9.17, 15) is 5.11 Å². The Kier molecular flexibility index (Phi) is 8.01. The van der Waals surface area contributed by atoms with Gasteiger partial charge in [-0.05, 0) is 24.8 Å². The van der Waals surface area contributed by atoms with E-state index in [4.69, 9.17) is 0 Å². The van der Waals surface area contributed by atoms with Crippen LogP contribution in [-0.4, -0.2) is 11.2 Å². The van der Waals surface area contributed by atoms with Gasteiger partial charge in [-0.1, -0.05) is 50.1 Å². The number of aryl methyl sites for hydroxylation is 1. The van der Waals surface area contributed by atoms with Crippen LogP contribution < -0.4 is 0 Å². The van der Waals surface area contributed by atoms with Crippen molar-refractivity contribution in [1.29, 1.82) is 0 Å². The Labute approximate surface area is 111 Å². The van der Waals surface area contributed by atoms with Crippen molar-refractivity contribution in [3.63, 3.8) is 0 Å². The SMILES string of the molecule is CCCCCC#CCC(O)CCc1ccccc1. The predicted octanol–water partition coefficient (Wildman–Crippen LogP) is 3.95. The maximum absolute atomic E-state index is 9.81. The van der Waals surface area contributed by atoms with E-state index in [1.165, 1.54) is 24.8 Å². The summed E-state index contributed by atoms with van der Waals surface area (Å²) in [6.07, 6.45) is 6.70. The molecule has 1 aromatic rings. The average molecular weight is 244 g/mol. The minimum atomic E-state index is -0.288. The van der Waals surface area contributed by atoms with Crippen LogP contribution in [0.25, 0.3) is 0 Å². The molecule has 0 saturated heterocycles. The van der Waals surface area contributed by atoms with Crippen LogP contribution in [0.5, 0.6) is 0 Å². The number of hydrogen-bond acceptors (Lipinski definition) is 1. The summed E-state index contributed by atoms with van der Waals surface area (Å²) in [6, 6.07) is 10.3. The monoisotopic (exact) mass is 244 g/mol. The molecule has 0 spiro atoms. The van der Waals surface area contributed by atoms with E-state index in [1.54, 1.807) is 0 Å². The van der Waals surface area contributed by atoms with Gasteiger partial charge in [0.25, 0.3) is 0 Å². The van der Waals surface area contributed by atoms with Crippen molar-refractivity contribution in [3.05, 3.63) is 35.9 Å². The number of aliphatic hydroxyl groups is 1. The molecule has 0 saturated carbocycles. The maximum atomic E-state index is 9.81. The standard InChI is InChI=1S/C17H24O/c1-2-3-4-5-6-10-13-17(18)15-14-16-11-8-7-9-12-16/h7-9,11-12,17-18H,2-5,13-15H2,1H3. The highest BCUT2D eigenvalue weighted by Crippen LogP contribution is 2.06. The summed E-state index contributed by atoms with van der Waals surface area (Å²) in [6.45, 7) is 2.20. The molecule has 0 aliphatic carbocycles. The van der Waals surface area contributed by atoms with Crippen molar-refractivity contribution >= 4 is 0 Å². The van der Waals surface area contributed by atoms with Crippen LogP contribution in [0.2, 0.25) is 0 Å². The summed E-state index contributed by atoms with van der Waals surface area (Å²) >= 11 is 0. The first-order valence-electron chi connectivity index (χ1n) is 7.00. The zero-order valence-electron chi connectivity index (χ0n) is 11.4. The van der Waals surface area contributed by atoms with Crippen LogP contribution in [0.4, 0.5) is 0 Å². The van der Waals surface area contributed by atoms with Gasteiger partial charge in [-0.15, -0.1) is 11.8 Å². The van der Waals surface area contributed by atoms with Crippen LogP contribution in [0.3, 0.4) is 0 Å². The van der Waals surface area contributed by atoms with E-state index in [2.05, 4.69) is 30.9 Å². The van der Waals surface area contributed by atoms with Gasteiger partial charge in [0.1, 0.15) is 0 Å². The summed E-state index contributed by atoms with van der Waals surface area (Å²) < 4.78 is 0. The number of benzene rings is 1. The Balaban J connectivity index is 2.12. The van der Waals surface area contributed by atoms with E-state index in [0.29, 0.717) is 6.42 Å². The second-order valence-electron chi connectivity index (χ2n) is 4.69. The molecule has 1 N–H and O–H groups in total. The molecule has 98 valence electrons. The van der Waals surface area contributed by atoms with Gasteiger partial charge >= 0.3 is 0 Å². The molecule has 1 unspecified atom stereocenters. The average Bonchev–Trinajstić information content (AvgIpc) is 2.41. The zero-order valence-corrected chi connectivity index (χ0v) is 11.4. The van der Waals surface area contributed by atoms with Crippen molar-refractivity contribution in [2.45, 2.75) is 58.0 Å². The predicted molar refractivity (Wildman–Crippen MR) is 77.3 cm³/mol. The lowest BCUT2D eigenvalue weighted by Gasteiger charge is -2.06. The fraction of sp³-hybridized carbons (Fsp3) is 0.529. The quantitative estimate of drug-likeness (QED) is 0.568. The van der Waals surface area contributed by atoms with Gasteiger partial charge in [-0.25, -0.2) is 0 Å². The van der Waals surface area contributed by atoms with Crippen molar-refractivity contribution in [3.8, 4) is 11.8 Å². The second kappa shape index (κ2) is 9.74.